The molecule has 0 aliphatic carbocycles. The summed E-state index contributed by atoms with van der Waals surface area (Å²) in [5.41, 5.74) is 2.63. The van der Waals surface area contributed by atoms with Gasteiger partial charge in [0.2, 0.25) is 6.34 Å². The van der Waals surface area contributed by atoms with E-state index in [0.717, 1.165) is 17.1 Å². The number of benzene rings is 1. The summed E-state index contributed by atoms with van der Waals surface area (Å²) in [5.74, 6) is 0. The van der Waals surface area contributed by atoms with Crippen LogP contribution in [0.5, 0.6) is 0 Å². The number of hydrogen-bond acceptors (Lipinski definition) is 3. The van der Waals surface area contributed by atoms with Crippen LogP contribution in [0, 0.1) is 0 Å². The average molecular weight is 267 g/mol. The highest BCUT2D eigenvalue weighted by Crippen LogP contribution is 2.34. The van der Waals surface area contributed by atoms with Crippen molar-refractivity contribution in [3.05, 3.63) is 60.4 Å². The average Bonchev–Trinajstić information content (AvgIpc) is 3.10. The van der Waals surface area contributed by atoms with Crippen LogP contribution in [0.4, 0.5) is 10.5 Å². The van der Waals surface area contributed by atoms with Crippen LogP contribution in [0.25, 0.3) is 0 Å². The summed E-state index contributed by atoms with van der Waals surface area (Å²) >= 11 is 0. The molecule has 1 aliphatic heterocycles. The lowest BCUT2D eigenvalue weighted by molar-refractivity contribution is 0.230. The number of aromatic nitrogens is 2. The molecule has 1 aliphatic rings. The lowest BCUT2D eigenvalue weighted by Gasteiger charge is -2.27. The molecule has 1 aromatic carbocycles. The SMILES string of the molecule is CC1=C(C)[N+](C(=O)n2ccnc2)(c2ccccc2)C=N1. The first kappa shape index (κ1) is 12.5. The van der Waals surface area contributed by atoms with Crippen molar-refractivity contribution in [1.82, 2.24) is 14.0 Å². The van der Waals surface area contributed by atoms with Gasteiger partial charge in [0.25, 0.3) is 0 Å². The summed E-state index contributed by atoms with van der Waals surface area (Å²) < 4.78 is 1.46. The van der Waals surface area contributed by atoms with E-state index in [0.29, 0.717) is 0 Å². The third kappa shape index (κ3) is 1.64. The molecular formula is C15H15N4O+. The first-order valence-corrected chi connectivity index (χ1v) is 6.37. The van der Waals surface area contributed by atoms with Crippen LogP contribution in [0.15, 0.2) is 65.4 Å². The van der Waals surface area contributed by atoms with E-state index >= 15 is 0 Å². The zero-order chi connectivity index (χ0) is 14.2. The number of amides is 1. The van der Waals surface area contributed by atoms with Crippen molar-refractivity contribution in [2.24, 2.45) is 4.99 Å². The third-order valence-corrected chi connectivity index (χ3v) is 3.67. The standard InChI is InChI=1S/C15H15N4O/c1-12-13(2)19(11-17-12,14-6-4-3-5-7-14)15(20)18-9-8-16-10-18/h3-11H,1-2H3/q+1. The zero-order valence-corrected chi connectivity index (χ0v) is 11.4. The van der Waals surface area contributed by atoms with E-state index in [1.807, 2.05) is 44.2 Å². The molecule has 20 heavy (non-hydrogen) atoms. The molecule has 0 spiro atoms. The predicted molar refractivity (Wildman–Crippen MR) is 78.1 cm³/mol. The highest BCUT2D eigenvalue weighted by molar-refractivity contribution is 6.06. The Morgan fingerprint density at radius 2 is 1.95 bits per heavy atom. The highest BCUT2D eigenvalue weighted by atomic mass is 16.2. The van der Waals surface area contributed by atoms with Gasteiger partial charge in [-0.1, -0.05) is 18.2 Å². The van der Waals surface area contributed by atoms with E-state index in [2.05, 4.69) is 9.98 Å². The molecular weight excluding hydrogens is 252 g/mol. The fourth-order valence-electron chi connectivity index (χ4n) is 2.39. The molecule has 3 rings (SSSR count). The largest absolute Gasteiger partial charge is 0.444 e. The minimum absolute atomic E-state index is 0.0248. The number of para-hydroxylation sites is 1. The van der Waals surface area contributed by atoms with Crippen molar-refractivity contribution in [2.45, 2.75) is 13.8 Å². The molecule has 0 saturated carbocycles. The quantitative estimate of drug-likeness (QED) is 0.745. The fourth-order valence-corrected chi connectivity index (χ4v) is 2.39. The summed E-state index contributed by atoms with van der Waals surface area (Å²) in [4.78, 5) is 21.3. The molecule has 0 fully saturated rings. The molecule has 1 unspecified atom stereocenters. The smallest absolute Gasteiger partial charge is 0.245 e. The molecule has 0 bridgehead atoms. The third-order valence-electron chi connectivity index (χ3n) is 3.67. The van der Waals surface area contributed by atoms with Gasteiger partial charge in [0.05, 0.1) is 0 Å². The topological polar surface area (TPSA) is 47.2 Å². The summed E-state index contributed by atoms with van der Waals surface area (Å²) in [5, 5.41) is 0. The Kier molecular flexibility index (Phi) is 2.84. The summed E-state index contributed by atoms with van der Waals surface area (Å²) in [6.45, 7) is 3.85. The number of carbonyl (C=O) groups is 1. The van der Waals surface area contributed by atoms with Crippen LogP contribution in [-0.2, 0) is 0 Å². The van der Waals surface area contributed by atoms with Gasteiger partial charge in [-0.05, 0) is 6.92 Å². The van der Waals surface area contributed by atoms with E-state index < -0.39 is 0 Å². The van der Waals surface area contributed by atoms with E-state index in [1.165, 1.54) is 10.9 Å². The maximum Gasteiger partial charge on any atom is 0.444 e. The molecule has 2 aromatic rings. The Labute approximate surface area is 117 Å². The minimum atomic E-state index is -0.119. The van der Waals surface area contributed by atoms with Crippen molar-refractivity contribution < 1.29 is 4.79 Å². The number of hydrogen-bond donors (Lipinski definition) is 0. The van der Waals surface area contributed by atoms with Crippen LogP contribution >= 0.6 is 0 Å². The number of quaternary nitrogens is 1. The molecule has 1 atom stereocenters. The molecule has 1 amide bonds. The maximum atomic E-state index is 13.0. The molecule has 1 aromatic heterocycles. The second-order valence-electron chi connectivity index (χ2n) is 4.73. The van der Waals surface area contributed by atoms with Crippen LogP contribution < -0.4 is 4.48 Å². The van der Waals surface area contributed by atoms with Crippen LogP contribution in [0.3, 0.4) is 0 Å². The zero-order valence-electron chi connectivity index (χ0n) is 11.4. The Morgan fingerprint density at radius 3 is 2.50 bits per heavy atom. The van der Waals surface area contributed by atoms with Crippen molar-refractivity contribution in [3.63, 3.8) is 0 Å². The Bertz CT molecular complexity index is 701. The van der Waals surface area contributed by atoms with E-state index in [9.17, 15) is 4.79 Å². The van der Waals surface area contributed by atoms with Crippen molar-refractivity contribution in [2.75, 3.05) is 0 Å². The number of carbonyl (C=O) groups excluding carboxylic acids is 1. The lowest BCUT2D eigenvalue weighted by atomic mass is 10.2. The van der Waals surface area contributed by atoms with Crippen LogP contribution in [0.2, 0.25) is 0 Å². The Hall–Kier alpha value is -2.53. The van der Waals surface area contributed by atoms with Gasteiger partial charge in [0.1, 0.15) is 17.7 Å². The molecule has 0 saturated heterocycles. The number of allylic oxidation sites excluding steroid dienone is 2. The van der Waals surface area contributed by atoms with E-state index in [4.69, 9.17) is 0 Å². The summed E-state index contributed by atoms with van der Waals surface area (Å²) in [6.07, 6.45) is 6.45. The van der Waals surface area contributed by atoms with Crippen LogP contribution in [0.1, 0.15) is 13.8 Å². The van der Waals surface area contributed by atoms with Gasteiger partial charge >= 0.3 is 6.03 Å². The molecule has 0 radical (unpaired) electrons. The van der Waals surface area contributed by atoms with Gasteiger partial charge in [0, 0.05) is 31.5 Å². The molecule has 2 heterocycles. The van der Waals surface area contributed by atoms with Crippen molar-refractivity contribution >= 4 is 18.1 Å². The van der Waals surface area contributed by atoms with Gasteiger partial charge in [0.15, 0.2) is 5.69 Å². The normalized spacial score (nSPS) is 21.5. The molecule has 0 N–H and O–H groups in total. The Morgan fingerprint density at radius 1 is 1.20 bits per heavy atom. The molecule has 100 valence electrons. The number of nitrogens with zero attached hydrogens (tertiary/aromatic N) is 4. The van der Waals surface area contributed by atoms with Gasteiger partial charge in [-0.2, -0.15) is 0 Å². The number of imidazole rings is 1. The van der Waals surface area contributed by atoms with E-state index in [-0.39, 0.29) is 10.5 Å². The highest BCUT2D eigenvalue weighted by Gasteiger charge is 2.46. The van der Waals surface area contributed by atoms with Gasteiger partial charge in [-0.25, -0.2) is 19.3 Å². The second kappa shape index (κ2) is 4.54. The molecule has 5 nitrogen and oxygen atoms in total. The first-order chi connectivity index (χ1) is 9.66. The van der Waals surface area contributed by atoms with Crippen molar-refractivity contribution in [3.8, 4) is 0 Å². The lowest BCUT2D eigenvalue weighted by Crippen LogP contribution is -2.52. The van der Waals surface area contributed by atoms with Crippen LogP contribution in [-0.4, -0.2) is 21.9 Å². The predicted octanol–water partition coefficient (Wildman–Crippen LogP) is 3.15. The maximum absolute atomic E-state index is 13.0. The van der Waals surface area contributed by atoms with Gasteiger partial charge in [-0.15, -0.1) is 4.48 Å². The van der Waals surface area contributed by atoms with E-state index in [1.54, 1.807) is 18.7 Å². The summed E-state index contributed by atoms with van der Waals surface area (Å²) in [6, 6.07) is 9.52. The van der Waals surface area contributed by atoms with Crippen molar-refractivity contribution in [1.29, 1.82) is 0 Å². The minimum Gasteiger partial charge on any atom is -0.245 e. The van der Waals surface area contributed by atoms with Gasteiger partial charge < -0.3 is 0 Å². The Balaban J connectivity index is 2.21. The van der Waals surface area contributed by atoms with Gasteiger partial charge in [-0.3, -0.25) is 0 Å². The fraction of sp³-hybridized carbons (Fsp3) is 0.133. The molecule has 5 heteroatoms. The number of rotatable bonds is 1. The first-order valence-electron chi connectivity index (χ1n) is 6.37. The number of aliphatic imine (C=N–C) groups is 1. The monoisotopic (exact) mass is 267 g/mol. The summed E-state index contributed by atoms with van der Waals surface area (Å²) in [7, 11) is 0. The second-order valence-corrected chi connectivity index (χ2v) is 4.73.